The minimum atomic E-state index is -0.629. The molecule has 5 heteroatoms. The normalized spacial score (nSPS) is 42.5. The molecule has 0 aromatic carbocycles. The summed E-state index contributed by atoms with van der Waals surface area (Å²) in [7, 11) is 0. The zero-order valence-electron chi connectivity index (χ0n) is 13.1. The molecule has 1 aliphatic heterocycles. The number of hydrogen-bond acceptors (Lipinski definition) is 4. The van der Waals surface area contributed by atoms with Gasteiger partial charge in [-0.25, -0.2) is 0 Å². The lowest BCUT2D eigenvalue weighted by atomic mass is 9.65. The van der Waals surface area contributed by atoms with E-state index in [1.54, 1.807) is 12.4 Å². The number of rotatable bonds is 3. The maximum atomic E-state index is 12.4. The zero-order valence-corrected chi connectivity index (χ0v) is 13.1. The quantitative estimate of drug-likeness (QED) is 0.865. The third-order valence-corrected chi connectivity index (χ3v) is 6.95. The lowest BCUT2D eigenvalue weighted by molar-refractivity contribution is -0.135. The SMILES string of the molecule is C[C@@]12CC[C@H]3C[C@@]1(C(N)=O)N(/N=C\c1ccccn1)C[C@@]32C. The van der Waals surface area contributed by atoms with Crippen LogP contribution in [0.25, 0.3) is 0 Å². The van der Waals surface area contributed by atoms with Gasteiger partial charge in [-0.05, 0) is 42.7 Å². The number of hydrogen-bond donors (Lipinski definition) is 1. The van der Waals surface area contributed by atoms with Gasteiger partial charge in [0.2, 0.25) is 5.91 Å². The van der Waals surface area contributed by atoms with E-state index in [-0.39, 0.29) is 16.7 Å². The highest BCUT2D eigenvalue weighted by molar-refractivity contribution is 5.88. The van der Waals surface area contributed by atoms with Crippen molar-refractivity contribution in [2.24, 2.45) is 27.6 Å². The van der Waals surface area contributed by atoms with Crippen LogP contribution in [0.4, 0.5) is 0 Å². The fourth-order valence-corrected chi connectivity index (χ4v) is 5.47. The van der Waals surface area contributed by atoms with E-state index in [1.807, 2.05) is 23.2 Å². The van der Waals surface area contributed by atoms with Crippen LogP contribution in [-0.2, 0) is 4.79 Å². The first-order valence-electron chi connectivity index (χ1n) is 7.97. The highest BCUT2D eigenvalue weighted by Gasteiger charge is 2.80. The lowest BCUT2D eigenvalue weighted by Gasteiger charge is -2.44. The summed E-state index contributed by atoms with van der Waals surface area (Å²) < 4.78 is 0. The van der Waals surface area contributed by atoms with E-state index in [4.69, 9.17) is 5.73 Å². The van der Waals surface area contributed by atoms with Gasteiger partial charge in [0, 0.05) is 18.2 Å². The highest BCUT2D eigenvalue weighted by atomic mass is 16.2. The zero-order chi connectivity index (χ0) is 15.6. The molecule has 4 rings (SSSR count). The molecule has 2 saturated carbocycles. The first kappa shape index (κ1) is 13.7. The molecule has 5 nitrogen and oxygen atoms in total. The molecule has 2 N–H and O–H groups in total. The number of hydrazone groups is 1. The number of primary amides is 1. The Kier molecular flexibility index (Phi) is 2.55. The second kappa shape index (κ2) is 4.09. The molecular weight excluding hydrogens is 276 g/mol. The summed E-state index contributed by atoms with van der Waals surface area (Å²) >= 11 is 0. The molecule has 2 aliphatic carbocycles. The van der Waals surface area contributed by atoms with Gasteiger partial charge < -0.3 is 5.73 Å². The van der Waals surface area contributed by atoms with Gasteiger partial charge in [-0.15, -0.1) is 0 Å². The standard InChI is InChI=1S/C17H22N4O/c1-15-11-21(20-10-13-5-3-4-8-19-13)17(14(18)22)9-12(15)6-7-16(15,17)2/h3-5,8,10,12H,6-7,9,11H2,1-2H3,(H2,18,22)/b20-10-/t12-,15-,16-,17-/m0/s1. The molecule has 0 spiro atoms. The molecule has 2 heterocycles. The van der Waals surface area contributed by atoms with Crippen molar-refractivity contribution >= 4 is 12.1 Å². The summed E-state index contributed by atoms with van der Waals surface area (Å²) in [4.78, 5) is 16.7. The molecule has 3 aliphatic rings. The summed E-state index contributed by atoms with van der Waals surface area (Å²) in [6, 6.07) is 5.71. The molecule has 3 fully saturated rings. The molecule has 4 atom stereocenters. The average molecular weight is 298 g/mol. The number of aromatic nitrogens is 1. The Morgan fingerprint density at radius 3 is 2.95 bits per heavy atom. The Morgan fingerprint density at radius 2 is 2.32 bits per heavy atom. The largest absolute Gasteiger partial charge is 0.368 e. The maximum Gasteiger partial charge on any atom is 0.245 e. The monoisotopic (exact) mass is 298 g/mol. The Bertz CT molecular complexity index is 660. The fourth-order valence-electron chi connectivity index (χ4n) is 5.47. The second-order valence-corrected chi connectivity index (χ2v) is 7.47. The third-order valence-electron chi connectivity index (χ3n) is 6.95. The molecular formula is C17H22N4O. The van der Waals surface area contributed by atoms with Crippen LogP contribution >= 0.6 is 0 Å². The molecule has 0 radical (unpaired) electrons. The van der Waals surface area contributed by atoms with E-state index >= 15 is 0 Å². The molecule has 1 saturated heterocycles. The smallest absolute Gasteiger partial charge is 0.245 e. The van der Waals surface area contributed by atoms with Crippen molar-refractivity contribution in [1.29, 1.82) is 0 Å². The first-order valence-corrected chi connectivity index (χ1v) is 7.97. The van der Waals surface area contributed by atoms with Crippen molar-refractivity contribution in [3.8, 4) is 0 Å². The molecule has 1 aromatic heterocycles. The van der Waals surface area contributed by atoms with Crippen LogP contribution in [0.3, 0.4) is 0 Å². The summed E-state index contributed by atoms with van der Waals surface area (Å²) in [6.45, 7) is 5.35. The third kappa shape index (κ3) is 1.33. The topological polar surface area (TPSA) is 71.6 Å². The lowest BCUT2D eigenvalue weighted by Crippen LogP contribution is -2.60. The molecule has 22 heavy (non-hydrogen) atoms. The minimum Gasteiger partial charge on any atom is -0.368 e. The van der Waals surface area contributed by atoms with Gasteiger partial charge in [-0.2, -0.15) is 5.10 Å². The number of nitrogens with two attached hydrogens (primary N) is 1. The van der Waals surface area contributed by atoms with Crippen LogP contribution in [0.2, 0.25) is 0 Å². The van der Waals surface area contributed by atoms with Crippen LogP contribution in [-0.4, -0.2) is 34.2 Å². The van der Waals surface area contributed by atoms with Crippen LogP contribution in [0, 0.1) is 16.7 Å². The summed E-state index contributed by atoms with van der Waals surface area (Å²) in [6.07, 6.45) is 6.60. The van der Waals surface area contributed by atoms with Gasteiger partial charge >= 0.3 is 0 Å². The predicted octanol–water partition coefficient (Wildman–Crippen LogP) is 1.78. The number of carbonyl (C=O) groups is 1. The molecule has 4 bridgehead atoms. The van der Waals surface area contributed by atoms with Crippen LogP contribution < -0.4 is 5.73 Å². The number of piperidine rings is 1. The van der Waals surface area contributed by atoms with Crippen molar-refractivity contribution in [1.82, 2.24) is 9.99 Å². The molecule has 1 amide bonds. The van der Waals surface area contributed by atoms with Crippen molar-refractivity contribution in [3.63, 3.8) is 0 Å². The van der Waals surface area contributed by atoms with Gasteiger partial charge in [0.15, 0.2) is 0 Å². The summed E-state index contributed by atoms with van der Waals surface area (Å²) in [5.41, 5.74) is 6.11. The van der Waals surface area contributed by atoms with Crippen LogP contribution in [0.15, 0.2) is 29.5 Å². The van der Waals surface area contributed by atoms with Crippen molar-refractivity contribution < 1.29 is 4.79 Å². The van der Waals surface area contributed by atoms with E-state index in [2.05, 4.69) is 23.9 Å². The molecule has 0 unspecified atom stereocenters. The Morgan fingerprint density at radius 1 is 1.50 bits per heavy atom. The molecule has 116 valence electrons. The van der Waals surface area contributed by atoms with E-state index in [1.165, 1.54) is 6.42 Å². The van der Waals surface area contributed by atoms with E-state index in [9.17, 15) is 4.79 Å². The van der Waals surface area contributed by atoms with E-state index in [0.29, 0.717) is 5.92 Å². The van der Waals surface area contributed by atoms with Gasteiger partial charge in [0.1, 0.15) is 5.54 Å². The van der Waals surface area contributed by atoms with E-state index in [0.717, 1.165) is 25.1 Å². The second-order valence-electron chi connectivity index (χ2n) is 7.47. The van der Waals surface area contributed by atoms with Crippen molar-refractivity contribution in [2.75, 3.05) is 6.54 Å². The van der Waals surface area contributed by atoms with Crippen LogP contribution in [0.5, 0.6) is 0 Å². The fraction of sp³-hybridized carbons (Fsp3) is 0.588. The maximum absolute atomic E-state index is 12.4. The number of pyridine rings is 1. The van der Waals surface area contributed by atoms with E-state index < -0.39 is 5.54 Å². The van der Waals surface area contributed by atoms with Gasteiger partial charge in [-0.3, -0.25) is 14.8 Å². The number of nitrogens with zero attached hydrogens (tertiary/aromatic N) is 3. The highest BCUT2D eigenvalue weighted by Crippen LogP contribution is 2.75. The Labute approximate surface area is 130 Å². The number of carbonyl (C=O) groups excluding carboxylic acids is 1. The van der Waals surface area contributed by atoms with Gasteiger partial charge in [-0.1, -0.05) is 19.9 Å². The van der Waals surface area contributed by atoms with Crippen LogP contribution in [0.1, 0.15) is 38.8 Å². The average Bonchev–Trinajstić information content (AvgIpc) is 2.95. The van der Waals surface area contributed by atoms with Gasteiger partial charge in [0.25, 0.3) is 0 Å². The summed E-state index contributed by atoms with van der Waals surface area (Å²) in [5.74, 6) is 0.366. The van der Waals surface area contributed by atoms with Crippen molar-refractivity contribution in [2.45, 2.75) is 38.6 Å². The summed E-state index contributed by atoms with van der Waals surface area (Å²) in [5, 5.41) is 6.58. The predicted molar refractivity (Wildman–Crippen MR) is 84.0 cm³/mol. The Balaban J connectivity index is 1.74. The number of amides is 1. The first-order chi connectivity index (χ1) is 10.4. The van der Waals surface area contributed by atoms with Crippen molar-refractivity contribution in [3.05, 3.63) is 30.1 Å². The molecule has 1 aromatic rings. The Hall–Kier alpha value is -1.91. The van der Waals surface area contributed by atoms with Gasteiger partial charge in [0.05, 0.1) is 11.9 Å². The minimum absolute atomic E-state index is 0.0715.